The van der Waals surface area contributed by atoms with E-state index >= 15 is 0 Å². The van der Waals surface area contributed by atoms with Crippen LogP contribution < -0.4 is 4.74 Å². The van der Waals surface area contributed by atoms with Crippen LogP contribution in [0, 0.1) is 5.82 Å². The highest BCUT2D eigenvalue weighted by Gasteiger charge is 2.13. The maximum atomic E-state index is 13.4. The van der Waals surface area contributed by atoms with Gasteiger partial charge in [-0.1, -0.05) is 6.07 Å². The second-order valence-electron chi connectivity index (χ2n) is 3.44. The molecule has 1 atom stereocenters. The number of aliphatic hydroxyl groups excluding tert-OH is 1. The molecule has 4 heteroatoms. The van der Waals surface area contributed by atoms with Crippen molar-refractivity contribution in [1.82, 2.24) is 4.98 Å². The van der Waals surface area contributed by atoms with Gasteiger partial charge in [-0.25, -0.2) is 4.39 Å². The number of aliphatic hydroxyl groups is 1. The Morgan fingerprint density at radius 3 is 2.69 bits per heavy atom. The highest BCUT2D eigenvalue weighted by Crippen LogP contribution is 2.25. The predicted octanol–water partition coefficient (Wildman–Crippen LogP) is 2.24. The molecule has 16 heavy (non-hydrogen) atoms. The number of rotatable bonds is 3. The number of aromatic nitrogens is 1. The number of H-pyrrole nitrogens is 1. The topological polar surface area (TPSA) is 45.2 Å². The maximum absolute atomic E-state index is 13.4. The molecular weight excluding hydrogens is 209 g/mol. The van der Waals surface area contributed by atoms with Gasteiger partial charge in [-0.2, -0.15) is 0 Å². The molecule has 0 aliphatic rings. The number of aromatic amines is 1. The average molecular weight is 221 g/mol. The molecule has 0 saturated carbocycles. The maximum Gasteiger partial charge on any atom is 0.165 e. The van der Waals surface area contributed by atoms with Gasteiger partial charge in [0, 0.05) is 18.0 Å². The molecule has 0 aliphatic carbocycles. The van der Waals surface area contributed by atoms with Gasteiger partial charge in [0.1, 0.15) is 6.10 Å². The molecule has 0 bridgehead atoms. The summed E-state index contributed by atoms with van der Waals surface area (Å²) >= 11 is 0. The van der Waals surface area contributed by atoms with Crippen molar-refractivity contribution in [3.05, 3.63) is 53.6 Å². The molecule has 0 amide bonds. The summed E-state index contributed by atoms with van der Waals surface area (Å²) in [5, 5.41) is 9.94. The van der Waals surface area contributed by atoms with E-state index < -0.39 is 11.9 Å². The summed E-state index contributed by atoms with van der Waals surface area (Å²) in [6, 6.07) is 6.16. The summed E-state index contributed by atoms with van der Waals surface area (Å²) in [5.41, 5.74) is 1.20. The molecule has 2 rings (SSSR count). The lowest BCUT2D eigenvalue weighted by atomic mass is 10.0. The molecule has 2 N–H and O–H groups in total. The Labute approximate surface area is 92.5 Å². The van der Waals surface area contributed by atoms with E-state index in [0.29, 0.717) is 11.1 Å². The number of methoxy groups -OCH3 is 1. The van der Waals surface area contributed by atoms with Crippen molar-refractivity contribution in [2.45, 2.75) is 6.10 Å². The largest absolute Gasteiger partial charge is 0.494 e. The predicted molar refractivity (Wildman–Crippen MR) is 57.8 cm³/mol. The summed E-state index contributed by atoms with van der Waals surface area (Å²) in [7, 11) is 1.40. The third kappa shape index (κ3) is 1.92. The molecule has 0 aliphatic heterocycles. The van der Waals surface area contributed by atoms with Crippen molar-refractivity contribution in [3.8, 4) is 5.75 Å². The lowest BCUT2D eigenvalue weighted by Gasteiger charge is -2.10. The second kappa shape index (κ2) is 4.37. The molecule has 1 aromatic carbocycles. The van der Waals surface area contributed by atoms with Gasteiger partial charge in [0.25, 0.3) is 0 Å². The zero-order valence-electron chi connectivity index (χ0n) is 8.77. The SMILES string of the molecule is COc1ccc(C(O)c2cc[nH]c2)cc1F. The minimum absolute atomic E-state index is 0.171. The van der Waals surface area contributed by atoms with Gasteiger partial charge in [0.2, 0.25) is 0 Å². The quantitative estimate of drug-likeness (QED) is 0.834. The van der Waals surface area contributed by atoms with Crippen LogP contribution in [0.3, 0.4) is 0 Å². The first kappa shape index (κ1) is 10.7. The van der Waals surface area contributed by atoms with Crippen LogP contribution in [-0.4, -0.2) is 17.2 Å². The number of halogens is 1. The summed E-state index contributed by atoms with van der Waals surface area (Å²) in [6.45, 7) is 0. The van der Waals surface area contributed by atoms with Gasteiger partial charge in [0.05, 0.1) is 7.11 Å². The Hall–Kier alpha value is -1.81. The standard InChI is InChI=1S/C12H12FNO2/c1-16-11-3-2-8(6-10(11)13)12(15)9-4-5-14-7-9/h2-7,12,14-15H,1H3. The Balaban J connectivity index is 2.31. The van der Waals surface area contributed by atoms with E-state index in [4.69, 9.17) is 4.74 Å². The van der Waals surface area contributed by atoms with E-state index in [2.05, 4.69) is 4.98 Å². The van der Waals surface area contributed by atoms with E-state index in [1.54, 1.807) is 24.5 Å². The third-order valence-electron chi connectivity index (χ3n) is 2.43. The zero-order valence-corrected chi connectivity index (χ0v) is 8.77. The Bertz CT molecular complexity index is 468. The van der Waals surface area contributed by atoms with Crippen LogP contribution >= 0.6 is 0 Å². The lowest BCUT2D eigenvalue weighted by Crippen LogP contribution is -1.99. The lowest BCUT2D eigenvalue weighted by molar-refractivity contribution is 0.219. The molecular formula is C12H12FNO2. The minimum Gasteiger partial charge on any atom is -0.494 e. The highest BCUT2D eigenvalue weighted by atomic mass is 19.1. The van der Waals surface area contributed by atoms with Gasteiger partial charge in [-0.05, 0) is 23.8 Å². The van der Waals surface area contributed by atoms with Gasteiger partial charge in [-0.3, -0.25) is 0 Å². The number of benzene rings is 1. The number of hydrogen-bond donors (Lipinski definition) is 2. The van der Waals surface area contributed by atoms with E-state index in [9.17, 15) is 9.50 Å². The molecule has 1 aromatic heterocycles. The first-order valence-corrected chi connectivity index (χ1v) is 4.86. The van der Waals surface area contributed by atoms with Gasteiger partial charge in [-0.15, -0.1) is 0 Å². The van der Waals surface area contributed by atoms with Crippen molar-refractivity contribution in [3.63, 3.8) is 0 Å². The summed E-state index contributed by atoms with van der Waals surface area (Å²) < 4.78 is 18.2. The molecule has 0 fully saturated rings. The summed E-state index contributed by atoms with van der Waals surface area (Å²) in [5.74, 6) is -0.306. The van der Waals surface area contributed by atoms with Crippen molar-refractivity contribution in [2.24, 2.45) is 0 Å². The molecule has 1 unspecified atom stereocenters. The van der Waals surface area contributed by atoms with Crippen molar-refractivity contribution in [2.75, 3.05) is 7.11 Å². The van der Waals surface area contributed by atoms with E-state index in [0.717, 1.165) is 0 Å². The fraction of sp³-hybridized carbons (Fsp3) is 0.167. The Morgan fingerprint density at radius 2 is 2.12 bits per heavy atom. The Morgan fingerprint density at radius 1 is 1.31 bits per heavy atom. The smallest absolute Gasteiger partial charge is 0.165 e. The van der Waals surface area contributed by atoms with Gasteiger partial charge < -0.3 is 14.8 Å². The second-order valence-corrected chi connectivity index (χ2v) is 3.44. The normalized spacial score (nSPS) is 12.4. The molecule has 1 heterocycles. The molecule has 0 radical (unpaired) electrons. The average Bonchev–Trinajstić information content (AvgIpc) is 2.81. The van der Waals surface area contributed by atoms with Crippen molar-refractivity contribution in [1.29, 1.82) is 0 Å². The van der Waals surface area contributed by atoms with Crippen LogP contribution in [0.1, 0.15) is 17.2 Å². The number of ether oxygens (including phenoxy) is 1. The number of hydrogen-bond acceptors (Lipinski definition) is 2. The van der Waals surface area contributed by atoms with Crippen LogP contribution in [0.15, 0.2) is 36.7 Å². The summed E-state index contributed by atoms with van der Waals surface area (Å²) in [4.78, 5) is 2.84. The van der Waals surface area contributed by atoms with Crippen LogP contribution in [0.25, 0.3) is 0 Å². The monoisotopic (exact) mass is 221 g/mol. The molecule has 0 spiro atoms. The van der Waals surface area contributed by atoms with Gasteiger partial charge in [0.15, 0.2) is 11.6 Å². The van der Waals surface area contributed by atoms with Crippen molar-refractivity contribution < 1.29 is 14.2 Å². The van der Waals surface area contributed by atoms with Crippen LogP contribution in [0.4, 0.5) is 4.39 Å². The highest BCUT2D eigenvalue weighted by molar-refractivity contribution is 5.34. The zero-order chi connectivity index (χ0) is 11.5. The summed E-state index contributed by atoms with van der Waals surface area (Å²) in [6.07, 6.45) is 2.55. The van der Waals surface area contributed by atoms with Crippen LogP contribution in [0.2, 0.25) is 0 Å². The van der Waals surface area contributed by atoms with Gasteiger partial charge >= 0.3 is 0 Å². The van der Waals surface area contributed by atoms with E-state index in [1.165, 1.54) is 19.2 Å². The molecule has 84 valence electrons. The Kier molecular flexibility index (Phi) is 2.92. The van der Waals surface area contributed by atoms with Crippen LogP contribution in [0.5, 0.6) is 5.75 Å². The van der Waals surface area contributed by atoms with E-state index in [1.807, 2.05) is 0 Å². The fourth-order valence-electron chi connectivity index (χ4n) is 1.55. The van der Waals surface area contributed by atoms with E-state index in [-0.39, 0.29) is 5.75 Å². The first-order valence-electron chi connectivity index (χ1n) is 4.86. The first-order chi connectivity index (χ1) is 7.72. The minimum atomic E-state index is -0.827. The van der Waals surface area contributed by atoms with Crippen LogP contribution in [-0.2, 0) is 0 Å². The number of nitrogens with one attached hydrogen (secondary N) is 1. The molecule has 0 saturated heterocycles. The van der Waals surface area contributed by atoms with Crippen molar-refractivity contribution >= 4 is 0 Å². The molecule has 3 nitrogen and oxygen atoms in total. The fourth-order valence-corrected chi connectivity index (χ4v) is 1.55. The third-order valence-corrected chi connectivity index (χ3v) is 2.43. The molecule has 2 aromatic rings.